The summed E-state index contributed by atoms with van der Waals surface area (Å²) in [5.74, 6) is 0.266. The van der Waals surface area contributed by atoms with Crippen molar-refractivity contribution in [2.24, 2.45) is 5.41 Å². The van der Waals surface area contributed by atoms with Gasteiger partial charge in [0.15, 0.2) is 5.82 Å². The van der Waals surface area contributed by atoms with Gasteiger partial charge in [-0.3, -0.25) is 4.90 Å². The largest absolute Gasteiger partial charge is 0.488 e. The molecule has 1 fully saturated rings. The molecule has 2 aromatic heterocycles. The van der Waals surface area contributed by atoms with Gasteiger partial charge < -0.3 is 19.3 Å². The van der Waals surface area contributed by atoms with Crippen LogP contribution in [0.1, 0.15) is 46.5 Å². The van der Waals surface area contributed by atoms with Gasteiger partial charge in [0.05, 0.1) is 31.7 Å². The predicted molar refractivity (Wildman–Crippen MR) is 158 cm³/mol. The molecule has 1 saturated heterocycles. The van der Waals surface area contributed by atoms with Crippen molar-refractivity contribution in [2.75, 3.05) is 32.9 Å². The molecular formula is C33H36N4O5. The minimum atomic E-state index is -1.10. The second-order valence-corrected chi connectivity index (χ2v) is 11.5. The summed E-state index contributed by atoms with van der Waals surface area (Å²) in [6.45, 7) is 11.7. The van der Waals surface area contributed by atoms with Crippen molar-refractivity contribution in [3.05, 3.63) is 88.6 Å². The van der Waals surface area contributed by atoms with Crippen LogP contribution in [0.2, 0.25) is 0 Å². The van der Waals surface area contributed by atoms with Crippen molar-refractivity contribution in [1.82, 2.24) is 19.7 Å². The third-order valence-electron chi connectivity index (χ3n) is 7.93. The average Bonchev–Trinajstić information content (AvgIpc) is 3.40. The Hall–Kier alpha value is -4.21. The Morgan fingerprint density at radius 3 is 2.69 bits per heavy atom. The smallest absolute Gasteiger partial charge is 0.342 e. The Bertz CT molecular complexity index is 1610. The summed E-state index contributed by atoms with van der Waals surface area (Å²) in [6.07, 6.45) is 2.32. The van der Waals surface area contributed by atoms with E-state index in [2.05, 4.69) is 35.1 Å². The maximum atomic E-state index is 11.7. The SMILES string of the molecule is CCOc1c(C(=O)O)cnn1-c1cccc(-c2cccc(C)c2OCc2ccc3c(c2)CCN(CC2(C)COC2)C3)n1. The number of nitrogens with zero attached hydrogens (tertiary/aromatic N) is 4. The zero-order chi connectivity index (χ0) is 29.3. The average molecular weight is 569 g/mol. The number of hydrogen-bond donors (Lipinski definition) is 1. The molecule has 0 spiro atoms. The number of aromatic carboxylic acids is 1. The highest BCUT2D eigenvalue weighted by molar-refractivity contribution is 5.90. The molecule has 0 unspecified atom stereocenters. The number of aromatic nitrogens is 3. The number of rotatable bonds is 10. The Kier molecular flexibility index (Phi) is 7.70. The van der Waals surface area contributed by atoms with Crippen molar-refractivity contribution in [3.8, 4) is 28.7 Å². The lowest BCUT2D eigenvalue weighted by Crippen LogP contribution is -2.49. The van der Waals surface area contributed by atoms with E-state index in [1.54, 1.807) is 13.0 Å². The number of ether oxygens (including phenoxy) is 3. The van der Waals surface area contributed by atoms with E-state index in [1.165, 1.54) is 22.0 Å². The van der Waals surface area contributed by atoms with Crippen molar-refractivity contribution < 1.29 is 24.1 Å². The standard InChI is InChI=1S/C33H36N4O5/c1-4-41-31-27(32(38)39)16-34-37(31)29-10-6-9-28(35-29)26-8-5-7-22(2)30(26)42-18-23-11-12-25-17-36(14-13-24(25)15-23)19-33(3)20-40-21-33/h5-12,15-16H,4,13-14,17-21H2,1-3H3,(H,38,39). The molecule has 218 valence electrons. The molecule has 0 atom stereocenters. The molecule has 9 heteroatoms. The van der Waals surface area contributed by atoms with E-state index in [0.29, 0.717) is 24.7 Å². The van der Waals surface area contributed by atoms with Gasteiger partial charge >= 0.3 is 5.97 Å². The lowest BCUT2D eigenvalue weighted by atomic mass is 9.87. The Morgan fingerprint density at radius 1 is 1.10 bits per heavy atom. The summed E-state index contributed by atoms with van der Waals surface area (Å²) >= 11 is 0. The van der Waals surface area contributed by atoms with Crippen LogP contribution in [0.3, 0.4) is 0 Å². The third kappa shape index (κ3) is 5.62. The lowest BCUT2D eigenvalue weighted by molar-refractivity contribution is -0.116. The zero-order valence-corrected chi connectivity index (χ0v) is 24.3. The van der Waals surface area contributed by atoms with Crippen LogP contribution < -0.4 is 9.47 Å². The molecule has 4 heterocycles. The summed E-state index contributed by atoms with van der Waals surface area (Å²) in [4.78, 5) is 19.0. The van der Waals surface area contributed by atoms with Crippen LogP contribution in [0.15, 0.2) is 60.8 Å². The summed E-state index contributed by atoms with van der Waals surface area (Å²) in [5, 5.41) is 13.8. The maximum Gasteiger partial charge on any atom is 0.342 e. The van der Waals surface area contributed by atoms with Crippen LogP contribution in [0.25, 0.3) is 17.1 Å². The van der Waals surface area contributed by atoms with E-state index in [-0.39, 0.29) is 16.9 Å². The molecule has 0 amide bonds. The highest BCUT2D eigenvalue weighted by atomic mass is 16.5. The lowest BCUT2D eigenvalue weighted by Gasteiger charge is -2.43. The van der Waals surface area contributed by atoms with E-state index in [9.17, 15) is 9.90 Å². The summed E-state index contributed by atoms with van der Waals surface area (Å²) < 4.78 is 19.0. The molecule has 42 heavy (non-hydrogen) atoms. The van der Waals surface area contributed by atoms with Crippen molar-refractivity contribution in [3.63, 3.8) is 0 Å². The van der Waals surface area contributed by atoms with Crippen LogP contribution in [-0.2, 0) is 24.3 Å². The fourth-order valence-electron chi connectivity index (χ4n) is 5.79. The second kappa shape index (κ2) is 11.6. The van der Waals surface area contributed by atoms with Crippen LogP contribution in [0.5, 0.6) is 11.6 Å². The van der Waals surface area contributed by atoms with Gasteiger partial charge in [-0.25, -0.2) is 9.78 Å². The van der Waals surface area contributed by atoms with Crippen molar-refractivity contribution in [2.45, 2.75) is 40.3 Å². The first-order valence-corrected chi connectivity index (χ1v) is 14.4. The highest BCUT2D eigenvalue weighted by Crippen LogP contribution is 2.34. The molecule has 0 aliphatic carbocycles. The van der Waals surface area contributed by atoms with E-state index in [1.807, 2.05) is 37.3 Å². The molecule has 0 radical (unpaired) electrons. The maximum absolute atomic E-state index is 11.7. The van der Waals surface area contributed by atoms with Crippen molar-refractivity contribution in [1.29, 1.82) is 0 Å². The van der Waals surface area contributed by atoms with E-state index in [4.69, 9.17) is 19.2 Å². The number of pyridine rings is 1. The van der Waals surface area contributed by atoms with Gasteiger partial charge in [0.25, 0.3) is 0 Å². The predicted octanol–water partition coefficient (Wildman–Crippen LogP) is 5.31. The van der Waals surface area contributed by atoms with Gasteiger partial charge in [0.1, 0.15) is 17.9 Å². The number of carboxylic acid groups (broad SMARTS) is 1. The highest BCUT2D eigenvalue weighted by Gasteiger charge is 2.35. The Morgan fingerprint density at radius 2 is 1.93 bits per heavy atom. The first kappa shape index (κ1) is 27.9. The molecule has 0 bridgehead atoms. The molecule has 9 nitrogen and oxygen atoms in total. The van der Waals surface area contributed by atoms with Gasteiger partial charge in [-0.15, -0.1) is 0 Å². The van der Waals surface area contributed by atoms with E-state index >= 15 is 0 Å². The first-order chi connectivity index (χ1) is 20.3. The third-order valence-corrected chi connectivity index (χ3v) is 7.93. The van der Waals surface area contributed by atoms with Crippen molar-refractivity contribution >= 4 is 5.97 Å². The molecule has 0 saturated carbocycles. The monoisotopic (exact) mass is 568 g/mol. The fourth-order valence-corrected chi connectivity index (χ4v) is 5.79. The van der Waals surface area contributed by atoms with E-state index < -0.39 is 5.97 Å². The van der Waals surface area contributed by atoms with Crippen LogP contribution in [0, 0.1) is 12.3 Å². The number of fused-ring (bicyclic) bond motifs is 1. The van der Waals surface area contributed by atoms with Crippen LogP contribution in [0.4, 0.5) is 0 Å². The molecule has 1 N–H and O–H groups in total. The first-order valence-electron chi connectivity index (χ1n) is 14.4. The molecule has 2 aliphatic heterocycles. The minimum Gasteiger partial charge on any atom is -0.488 e. The van der Waals surface area contributed by atoms with Gasteiger partial charge in [-0.2, -0.15) is 9.78 Å². The second-order valence-electron chi connectivity index (χ2n) is 11.5. The number of aryl methyl sites for hydroxylation is 1. The number of para-hydroxylation sites is 1. The molecular weight excluding hydrogens is 532 g/mol. The summed E-state index contributed by atoms with van der Waals surface area (Å²) in [6, 6.07) is 18.2. The zero-order valence-electron chi connectivity index (χ0n) is 24.3. The van der Waals surface area contributed by atoms with Gasteiger partial charge in [-0.05, 0) is 60.7 Å². The topological polar surface area (TPSA) is 98.9 Å². The summed E-state index contributed by atoms with van der Waals surface area (Å²) in [7, 11) is 0. The quantitative estimate of drug-likeness (QED) is 0.275. The van der Waals surface area contributed by atoms with Gasteiger partial charge in [-0.1, -0.05) is 43.3 Å². The molecule has 2 aliphatic rings. The Balaban J connectivity index is 1.21. The van der Waals surface area contributed by atoms with E-state index in [0.717, 1.165) is 61.7 Å². The molecule has 2 aromatic carbocycles. The van der Waals surface area contributed by atoms with Gasteiger partial charge in [0.2, 0.25) is 5.88 Å². The molecule has 4 aromatic rings. The number of benzene rings is 2. The van der Waals surface area contributed by atoms with Gasteiger partial charge in [0, 0.05) is 30.6 Å². The number of hydrogen-bond acceptors (Lipinski definition) is 7. The number of carbonyl (C=O) groups is 1. The fraction of sp³-hybridized carbons (Fsp3) is 0.364. The normalized spacial score (nSPS) is 16.0. The minimum absolute atomic E-state index is 0.0105. The Labute approximate surface area is 245 Å². The van der Waals surface area contributed by atoms with Crippen LogP contribution in [-0.4, -0.2) is 63.7 Å². The molecule has 6 rings (SSSR count). The number of carboxylic acids is 1. The van der Waals surface area contributed by atoms with Crippen LogP contribution >= 0.6 is 0 Å². The summed E-state index contributed by atoms with van der Waals surface area (Å²) in [5.41, 5.74) is 6.74.